The minimum atomic E-state index is -0.880. The summed E-state index contributed by atoms with van der Waals surface area (Å²) in [4.78, 5) is 18.4. The highest BCUT2D eigenvalue weighted by Crippen LogP contribution is 2.33. The molecule has 1 aromatic carbocycles. The van der Waals surface area contributed by atoms with E-state index in [2.05, 4.69) is 21.5 Å². The Kier molecular flexibility index (Phi) is 6.78. The van der Waals surface area contributed by atoms with E-state index < -0.39 is 12.0 Å². The number of pyridine rings is 1. The Hall–Kier alpha value is -2.97. The SMILES string of the molecule is Cc1noc2c(C(C(=O)O)N3CC(OCCCCCC4CCc5cccnc5N4)C3)cccc12. The van der Waals surface area contributed by atoms with Gasteiger partial charge < -0.3 is 19.7 Å². The summed E-state index contributed by atoms with van der Waals surface area (Å²) in [6.07, 6.45) is 8.68. The van der Waals surface area contributed by atoms with Gasteiger partial charge >= 0.3 is 5.97 Å². The molecular weight excluding hydrogens is 432 g/mol. The van der Waals surface area contributed by atoms with Crippen LogP contribution >= 0.6 is 0 Å². The molecule has 0 bridgehead atoms. The number of para-hydroxylation sites is 1. The maximum atomic E-state index is 12.1. The summed E-state index contributed by atoms with van der Waals surface area (Å²) in [5.41, 5.74) is 3.30. The molecule has 3 aromatic rings. The lowest BCUT2D eigenvalue weighted by molar-refractivity contribution is -0.150. The van der Waals surface area contributed by atoms with Crippen molar-refractivity contribution < 1.29 is 19.2 Å². The molecule has 180 valence electrons. The normalized spacial score (nSPS) is 19.4. The monoisotopic (exact) mass is 464 g/mol. The molecule has 8 nitrogen and oxygen atoms in total. The van der Waals surface area contributed by atoms with E-state index >= 15 is 0 Å². The molecule has 34 heavy (non-hydrogen) atoms. The van der Waals surface area contributed by atoms with Crippen molar-refractivity contribution in [2.75, 3.05) is 25.0 Å². The third kappa shape index (κ3) is 4.79. The van der Waals surface area contributed by atoms with Crippen LogP contribution in [0.1, 0.15) is 55.0 Å². The first kappa shape index (κ1) is 22.8. The number of anilines is 1. The van der Waals surface area contributed by atoms with Crippen molar-refractivity contribution in [1.82, 2.24) is 15.0 Å². The molecule has 2 atom stereocenters. The molecular formula is C26H32N4O4. The van der Waals surface area contributed by atoms with E-state index in [9.17, 15) is 9.90 Å². The Morgan fingerprint density at radius 3 is 3.00 bits per heavy atom. The number of hydrogen-bond donors (Lipinski definition) is 2. The van der Waals surface area contributed by atoms with Crippen molar-refractivity contribution in [2.24, 2.45) is 0 Å². The van der Waals surface area contributed by atoms with Gasteiger partial charge in [0.1, 0.15) is 11.9 Å². The second-order valence-electron chi connectivity index (χ2n) is 9.42. The number of unbranched alkanes of at least 4 members (excludes halogenated alkanes) is 2. The summed E-state index contributed by atoms with van der Waals surface area (Å²) in [5, 5.41) is 18.3. The van der Waals surface area contributed by atoms with Crippen LogP contribution in [0.4, 0.5) is 5.82 Å². The molecule has 4 heterocycles. The van der Waals surface area contributed by atoms with Crippen LogP contribution in [0.2, 0.25) is 0 Å². The van der Waals surface area contributed by atoms with E-state index in [4.69, 9.17) is 9.26 Å². The van der Waals surface area contributed by atoms with Gasteiger partial charge in [-0.3, -0.25) is 9.69 Å². The van der Waals surface area contributed by atoms with Crippen LogP contribution < -0.4 is 5.32 Å². The average molecular weight is 465 g/mol. The number of carboxylic acid groups (broad SMARTS) is 1. The minimum absolute atomic E-state index is 0.0834. The van der Waals surface area contributed by atoms with Gasteiger partial charge in [-0.05, 0) is 50.3 Å². The molecule has 1 saturated heterocycles. The quantitative estimate of drug-likeness (QED) is 0.427. The van der Waals surface area contributed by atoms with Gasteiger partial charge in [0.15, 0.2) is 5.58 Å². The zero-order chi connectivity index (χ0) is 23.5. The highest BCUT2D eigenvalue weighted by molar-refractivity contribution is 5.87. The number of benzene rings is 1. The lowest BCUT2D eigenvalue weighted by Crippen LogP contribution is -2.55. The number of carbonyl (C=O) groups is 1. The van der Waals surface area contributed by atoms with Crippen molar-refractivity contribution in [2.45, 2.75) is 63.6 Å². The second-order valence-corrected chi connectivity index (χ2v) is 9.42. The molecule has 2 aliphatic rings. The molecule has 2 aromatic heterocycles. The molecule has 2 N–H and O–H groups in total. The smallest absolute Gasteiger partial charge is 0.325 e. The fourth-order valence-electron chi connectivity index (χ4n) is 5.09. The van der Waals surface area contributed by atoms with Gasteiger partial charge in [0.2, 0.25) is 0 Å². The zero-order valence-corrected chi connectivity index (χ0v) is 19.6. The summed E-state index contributed by atoms with van der Waals surface area (Å²) in [5.74, 6) is 0.167. The van der Waals surface area contributed by atoms with Crippen LogP contribution in [0.3, 0.4) is 0 Å². The first-order valence-electron chi connectivity index (χ1n) is 12.2. The van der Waals surface area contributed by atoms with E-state index in [1.807, 2.05) is 42.3 Å². The summed E-state index contributed by atoms with van der Waals surface area (Å²) in [6.45, 7) is 3.80. The number of fused-ring (bicyclic) bond motifs is 2. The van der Waals surface area contributed by atoms with Crippen molar-refractivity contribution >= 4 is 22.8 Å². The number of nitrogens with one attached hydrogen (secondary N) is 1. The molecule has 0 spiro atoms. The molecule has 2 unspecified atom stereocenters. The Morgan fingerprint density at radius 2 is 2.15 bits per heavy atom. The zero-order valence-electron chi connectivity index (χ0n) is 19.6. The maximum Gasteiger partial charge on any atom is 0.325 e. The molecule has 5 rings (SSSR count). The fraction of sp³-hybridized carbons (Fsp3) is 0.500. The molecule has 0 aliphatic carbocycles. The Bertz CT molecular complexity index is 1140. The van der Waals surface area contributed by atoms with Crippen LogP contribution in [0, 0.1) is 6.92 Å². The third-order valence-electron chi connectivity index (χ3n) is 7.02. The maximum absolute atomic E-state index is 12.1. The Labute approximate surface area is 199 Å². The molecule has 8 heteroatoms. The van der Waals surface area contributed by atoms with Gasteiger partial charge in [-0.25, -0.2) is 4.98 Å². The molecule has 1 fully saturated rings. The van der Waals surface area contributed by atoms with E-state index in [1.165, 1.54) is 18.4 Å². The van der Waals surface area contributed by atoms with Gasteiger partial charge in [0, 0.05) is 42.9 Å². The van der Waals surface area contributed by atoms with Gasteiger partial charge in [0.25, 0.3) is 0 Å². The van der Waals surface area contributed by atoms with Crippen LogP contribution in [0.5, 0.6) is 0 Å². The minimum Gasteiger partial charge on any atom is -0.480 e. The number of aliphatic carboxylic acids is 1. The van der Waals surface area contributed by atoms with Crippen LogP contribution in [0.15, 0.2) is 41.1 Å². The topological polar surface area (TPSA) is 101 Å². The van der Waals surface area contributed by atoms with Gasteiger partial charge in [0.05, 0.1) is 11.8 Å². The molecule has 2 aliphatic heterocycles. The third-order valence-corrected chi connectivity index (χ3v) is 7.02. The molecule has 0 saturated carbocycles. The summed E-state index contributed by atoms with van der Waals surface area (Å²) < 4.78 is 11.4. The summed E-state index contributed by atoms with van der Waals surface area (Å²) >= 11 is 0. The van der Waals surface area contributed by atoms with Crippen molar-refractivity contribution in [3.05, 3.63) is 53.3 Å². The highest BCUT2D eigenvalue weighted by atomic mass is 16.5. The van der Waals surface area contributed by atoms with Gasteiger partial charge in [-0.2, -0.15) is 0 Å². The predicted molar refractivity (Wildman–Crippen MR) is 129 cm³/mol. The fourth-order valence-corrected chi connectivity index (χ4v) is 5.09. The average Bonchev–Trinajstić information content (AvgIpc) is 3.20. The number of nitrogens with zero attached hydrogens (tertiary/aromatic N) is 3. The first-order chi connectivity index (χ1) is 16.6. The molecule has 0 amide bonds. The van der Waals surface area contributed by atoms with Crippen molar-refractivity contribution in [1.29, 1.82) is 0 Å². The second kappa shape index (κ2) is 10.1. The Morgan fingerprint density at radius 1 is 1.26 bits per heavy atom. The van der Waals surface area contributed by atoms with E-state index in [1.54, 1.807) is 0 Å². The predicted octanol–water partition coefficient (Wildman–Crippen LogP) is 4.35. The number of rotatable bonds is 10. The lowest BCUT2D eigenvalue weighted by Gasteiger charge is -2.42. The van der Waals surface area contributed by atoms with Crippen LogP contribution in [-0.2, 0) is 16.0 Å². The van der Waals surface area contributed by atoms with E-state index in [0.29, 0.717) is 30.3 Å². The number of ether oxygens (including phenoxy) is 1. The number of carboxylic acids is 1. The number of aromatic nitrogens is 2. The highest BCUT2D eigenvalue weighted by Gasteiger charge is 2.39. The Balaban J connectivity index is 1.02. The molecule has 0 radical (unpaired) electrons. The standard InChI is InChI=1S/C26H32N4O4/c1-17-21-9-5-10-22(24(21)34-29-17)23(26(31)32)30-15-20(16-30)33-14-4-2-3-8-19-12-11-18-7-6-13-27-25(18)28-19/h5-7,9-10,13,19-20,23H,2-4,8,11-12,14-16H2,1H3,(H,27,28)(H,31,32). The number of hydrogen-bond acceptors (Lipinski definition) is 7. The first-order valence-corrected chi connectivity index (χ1v) is 12.2. The van der Waals surface area contributed by atoms with E-state index in [-0.39, 0.29) is 6.10 Å². The number of likely N-dealkylation sites (tertiary alicyclic amines) is 1. The van der Waals surface area contributed by atoms with Crippen molar-refractivity contribution in [3.8, 4) is 0 Å². The number of aryl methyl sites for hydroxylation is 2. The van der Waals surface area contributed by atoms with Gasteiger partial charge in [-0.15, -0.1) is 0 Å². The lowest BCUT2D eigenvalue weighted by atomic mass is 9.97. The van der Waals surface area contributed by atoms with Gasteiger partial charge in [-0.1, -0.05) is 36.2 Å². The van der Waals surface area contributed by atoms with Crippen LogP contribution in [0.25, 0.3) is 11.0 Å². The summed E-state index contributed by atoms with van der Waals surface area (Å²) in [7, 11) is 0. The van der Waals surface area contributed by atoms with Crippen molar-refractivity contribution in [3.63, 3.8) is 0 Å². The van der Waals surface area contributed by atoms with E-state index in [0.717, 1.165) is 49.2 Å². The van der Waals surface area contributed by atoms with Crippen LogP contribution in [-0.4, -0.2) is 58.0 Å². The summed E-state index contributed by atoms with van der Waals surface area (Å²) in [6, 6.07) is 9.50. The largest absolute Gasteiger partial charge is 0.480 e.